The largest absolute Gasteiger partial charge is 0.372 e. The third-order valence-corrected chi connectivity index (χ3v) is 4.49. The second kappa shape index (κ2) is 5.68. The van der Waals surface area contributed by atoms with Gasteiger partial charge in [0.1, 0.15) is 11.6 Å². The zero-order valence-corrected chi connectivity index (χ0v) is 14.7. The van der Waals surface area contributed by atoms with Gasteiger partial charge in [0.15, 0.2) is 5.82 Å². The Labute approximate surface area is 149 Å². The fourth-order valence-corrected chi connectivity index (χ4v) is 3.20. The Bertz CT molecular complexity index is 1090. The number of benzene rings is 2. The van der Waals surface area contributed by atoms with E-state index in [2.05, 4.69) is 36.4 Å². The van der Waals surface area contributed by atoms with E-state index in [0.717, 1.165) is 10.0 Å². The van der Waals surface area contributed by atoms with Gasteiger partial charge in [0.05, 0.1) is 10.5 Å². The van der Waals surface area contributed by atoms with Crippen LogP contribution in [-0.2, 0) is 0 Å². The maximum Gasteiger partial charge on any atom is 0.257 e. The number of halogens is 3. The van der Waals surface area contributed by atoms with E-state index in [-0.39, 0.29) is 5.02 Å². The number of hydrogen-bond acceptors (Lipinski definition) is 4. The summed E-state index contributed by atoms with van der Waals surface area (Å²) < 4.78 is 16.6. The molecule has 4 rings (SSSR count). The molecule has 24 heavy (non-hydrogen) atoms. The van der Waals surface area contributed by atoms with Gasteiger partial charge in [-0.05, 0) is 24.3 Å². The van der Waals surface area contributed by atoms with Crippen molar-refractivity contribution in [2.75, 3.05) is 12.4 Å². The van der Waals surface area contributed by atoms with Gasteiger partial charge in [-0.25, -0.2) is 4.39 Å². The van der Waals surface area contributed by atoms with E-state index >= 15 is 0 Å². The first-order chi connectivity index (χ1) is 11.6. The van der Waals surface area contributed by atoms with Crippen LogP contribution in [0.5, 0.6) is 0 Å². The fourth-order valence-electron chi connectivity index (χ4n) is 2.65. The highest BCUT2D eigenvalue weighted by molar-refractivity contribution is 9.10. The van der Waals surface area contributed by atoms with E-state index in [4.69, 9.17) is 11.6 Å². The molecule has 1 N–H and O–H groups in total. The fraction of sp³-hybridized carbons (Fsp3) is 0.0625. The summed E-state index contributed by atoms with van der Waals surface area (Å²) in [6.45, 7) is 0. The van der Waals surface area contributed by atoms with E-state index in [1.807, 2.05) is 24.3 Å². The van der Waals surface area contributed by atoms with Crippen LogP contribution in [-0.4, -0.2) is 26.6 Å². The molecule has 5 nitrogen and oxygen atoms in total. The summed E-state index contributed by atoms with van der Waals surface area (Å²) in [6.07, 6.45) is 0. The van der Waals surface area contributed by atoms with Gasteiger partial charge in [-0.2, -0.15) is 4.98 Å². The molecule has 0 aliphatic carbocycles. The average molecular weight is 407 g/mol. The van der Waals surface area contributed by atoms with Crippen molar-refractivity contribution < 1.29 is 4.39 Å². The zero-order chi connectivity index (χ0) is 16.8. The minimum absolute atomic E-state index is 0.0333. The van der Waals surface area contributed by atoms with Gasteiger partial charge in [0, 0.05) is 22.5 Å². The Morgan fingerprint density at radius 2 is 2.04 bits per heavy atom. The van der Waals surface area contributed by atoms with Crippen LogP contribution in [0.1, 0.15) is 0 Å². The highest BCUT2D eigenvalue weighted by Crippen LogP contribution is 2.31. The molecule has 2 aromatic heterocycles. The normalized spacial score (nSPS) is 11.3. The molecule has 0 radical (unpaired) electrons. The van der Waals surface area contributed by atoms with Crippen LogP contribution >= 0.6 is 27.5 Å². The van der Waals surface area contributed by atoms with E-state index in [1.165, 1.54) is 6.07 Å². The molecule has 0 fully saturated rings. The van der Waals surface area contributed by atoms with Crippen LogP contribution in [0.15, 0.2) is 40.9 Å². The molecule has 0 aliphatic heterocycles. The van der Waals surface area contributed by atoms with Crippen LogP contribution in [0.25, 0.3) is 28.1 Å². The first-order valence-electron chi connectivity index (χ1n) is 7.06. The topological polar surface area (TPSA) is 55.1 Å². The van der Waals surface area contributed by atoms with E-state index in [1.54, 1.807) is 17.5 Å². The van der Waals surface area contributed by atoms with Crippen LogP contribution in [0, 0.1) is 5.82 Å². The molecule has 0 saturated carbocycles. The molecule has 2 heterocycles. The lowest BCUT2D eigenvalue weighted by molar-refractivity contribution is 0.630. The molecule has 120 valence electrons. The summed E-state index contributed by atoms with van der Waals surface area (Å²) in [5, 5.41) is 12.0. The maximum atomic E-state index is 13.9. The van der Waals surface area contributed by atoms with Crippen molar-refractivity contribution in [1.82, 2.24) is 19.6 Å². The number of aromatic nitrogens is 4. The third kappa shape index (κ3) is 2.32. The number of anilines is 1. The summed E-state index contributed by atoms with van der Waals surface area (Å²) >= 11 is 9.45. The Kier molecular flexibility index (Phi) is 3.62. The second-order valence-electron chi connectivity index (χ2n) is 5.16. The Hall–Kier alpha value is -2.25. The first kappa shape index (κ1) is 15.3. The summed E-state index contributed by atoms with van der Waals surface area (Å²) in [4.78, 5) is 4.42. The molecule has 4 aromatic rings. The highest BCUT2D eigenvalue weighted by Gasteiger charge is 2.17. The molecule has 0 amide bonds. The zero-order valence-electron chi connectivity index (χ0n) is 12.4. The number of fused-ring (bicyclic) bond motifs is 3. The van der Waals surface area contributed by atoms with Gasteiger partial charge in [0.2, 0.25) is 0 Å². The summed E-state index contributed by atoms with van der Waals surface area (Å²) in [7, 11) is 1.72. The van der Waals surface area contributed by atoms with Crippen LogP contribution < -0.4 is 5.32 Å². The summed E-state index contributed by atoms with van der Waals surface area (Å²) in [5.74, 6) is 1.03. The van der Waals surface area contributed by atoms with E-state index in [9.17, 15) is 4.39 Å². The Morgan fingerprint density at radius 3 is 2.79 bits per heavy atom. The SMILES string of the molecule is CNc1nc2nnc(-c3cccc(Br)c3)n2c2cc(Cl)c(F)cc12. The van der Waals surface area contributed by atoms with Crippen molar-refractivity contribution >= 4 is 50.0 Å². The summed E-state index contributed by atoms with van der Waals surface area (Å²) in [5.41, 5.74) is 1.54. The van der Waals surface area contributed by atoms with Crippen molar-refractivity contribution in [2.45, 2.75) is 0 Å². The van der Waals surface area contributed by atoms with Gasteiger partial charge in [0.25, 0.3) is 5.78 Å². The number of hydrogen-bond donors (Lipinski definition) is 1. The van der Waals surface area contributed by atoms with Gasteiger partial charge in [-0.3, -0.25) is 4.40 Å². The smallest absolute Gasteiger partial charge is 0.257 e. The van der Waals surface area contributed by atoms with Crippen LogP contribution in [0.4, 0.5) is 10.2 Å². The maximum absolute atomic E-state index is 13.9. The molecule has 0 saturated heterocycles. The third-order valence-electron chi connectivity index (χ3n) is 3.71. The van der Waals surface area contributed by atoms with Crippen molar-refractivity contribution in [1.29, 1.82) is 0 Å². The minimum Gasteiger partial charge on any atom is -0.372 e. The lowest BCUT2D eigenvalue weighted by Crippen LogP contribution is -2.01. The van der Waals surface area contributed by atoms with Gasteiger partial charge in [-0.1, -0.05) is 39.7 Å². The van der Waals surface area contributed by atoms with E-state index < -0.39 is 5.82 Å². The van der Waals surface area contributed by atoms with Crippen molar-refractivity contribution in [2.24, 2.45) is 0 Å². The molecule has 0 bridgehead atoms. The van der Waals surface area contributed by atoms with Crippen LogP contribution in [0.2, 0.25) is 5.02 Å². The quantitative estimate of drug-likeness (QED) is 0.531. The van der Waals surface area contributed by atoms with Gasteiger partial charge < -0.3 is 5.32 Å². The number of rotatable bonds is 2. The number of nitrogens with zero attached hydrogens (tertiary/aromatic N) is 4. The predicted octanol–water partition coefficient (Wildman–Crippen LogP) is 4.54. The lowest BCUT2D eigenvalue weighted by Gasteiger charge is -2.10. The molecule has 0 unspecified atom stereocenters. The van der Waals surface area contributed by atoms with Gasteiger partial charge in [-0.15, -0.1) is 10.2 Å². The molecular formula is C16H10BrClFN5. The van der Waals surface area contributed by atoms with Crippen molar-refractivity contribution in [3.05, 3.63) is 51.7 Å². The average Bonchev–Trinajstić information content (AvgIpc) is 2.99. The van der Waals surface area contributed by atoms with Crippen molar-refractivity contribution in [3.63, 3.8) is 0 Å². The molecule has 0 aliphatic rings. The monoisotopic (exact) mass is 405 g/mol. The minimum atomic E-state index is -0.501. The number of nitrogens with one attached hydrogen (secondary N) is 1. The summed E-state index contributed by atoms with van der Waals surface area (Å²) in [6, 6.07) is 10.6. The van der Waals surface area contributed by atoms with Gasteiger partial charge >= 0.3 is 0 Å². The Morgan fingerprint density at radius 1 is 1.21 bits per heavy atom. The standard InChI is InChI=1S/C16H10BrClFN5/c1-20-14-10-6-12(19)11(18)7-13(10)24-15(22-23-16(24)21-14)8-3-2-4-9(17)5-8/h2-7H,1H3,(H,20,21,23). The van der Waals surface area contributed by atoms with E-state index in [0.29, 0.717) is 28.3 Å². The molecular weight excluding hydrogens is 397 g/mol. The molecule has 2 aromatic carbocycles. The predicted molar refractivity (Wildman–Crippen MR) is 95.9 cm³/mol. The lowest BCUT2D eigenvalue weighted by atomic mass is 10.2. The second-order valence-corrected chi connectivity index (χ2v) is 6.49. The molecule has 0 atom stereocenters. The van der Waals surface area contributed by atoms with Crippen molar-refractivity contribution in [3.8, 4) is 11.4 Å². The molecule has 0 spiro atoms. The first-order valence-corrected chi connectivity index (χ1v) is 8.23. The highest BCUT2D eigenvalue weighted by atomic mass is 79.9. The molecule has 8 heteroatoms. The van der Waals surface area contributed by atoms with Crippen LogP contribution in [0.3, 0.4) is 0 Å². The Balaban J connectivity index is 2.15.